The second kappa shape index (κ2) is 8.69. The molecule has 2 aromatic heterocycles. The Hall–Kier alpha value is -1.86. The third kappa shape index (κ3) is 5.07. The van der Waals surface area contributed by atoms with E-state index >= 15 is 0 Å². The van der Waals surface area contributed by atoms with Crippen LogP contribution in [0.15, 0.2) is 22.9 Å². The van der Waals surface area contributed by atoms with Crippen molar-refractivity contribution in [2.24, 2.45) is 0 Å². The molecule has 0 aliphatic carbocycles. The molecule has 0 aromatic carbocycles. The first-order valence-corrected chi connectivity index (χ1v) is 9.32. The molecular weight excluding hydrogens is 332 g/mol. The number of carbonyl (C=O) groups is 2. The molecule has 0 fully saturated rings. The summed E-state index contributed by atoms with van der Waals surface area (Å²) >= 11 is 2.72. The van der Waals surface area contributed by atoms with Crippen molar-refractivity contribution in [3.63, 3.8) is 0 Å². The Bertz CT molecular complexity index is 650. The lowest BCUT2D eigenvalue weighted by Gasteiger charge is -2.06. The normalized spacial score (nSPS) is 10.5. The highest BCUT2D eigenvalue weighted by molar-refractivity contribution is 7.18. The summed E-state index contributed by atoms with van der Waals surface area (Å²) < 4.78 is 0. The molecule has 23 heavy (non-hydrogen) atoms. The molecule has 2 aromatic rings. The molecule has 0 aliphatic rings. The lowest BCUT2D eigenvalue weighted by atomic mass is 10.2. The van der Waals surface area contributed by atoms with Crippen LogP contribution in [0.3, 0.4) is 0 Å². The molecule has 3 N–H and O–H groups in total. The number of nitrogens with one attached hydrogen (secondary N) is 2. The van der Waals surface area contributed by atoms with Gasteiger partial charge in [-0.05, 0) is 29.3 Å². The van der Waals surface area contributed by atoms with Crippen molar-refractivity contribution in [2.75, 3.05) is 11.9 Å². The van der Waals surface area contributed by atoms with Crippen molar-refractivity contribution in [3.05, 3.63) is 27.8 Å². The summed E-state index contributed by atoms with van der Waals surface area (Å²) in [4.78, 5) is 24.2. The molecule has 0 saturated heterocycles. The minimum absolute atomic E-state index is 0.146. The van der Waals surface area contributed by atoms with E-state index in [1.807, 2.05) is 16.8 Å². The van der Waals surface area contributed by atoms with Crippen molar-refractivity contribution in [2.45, 2.75) is 32.6 Å². The second-order valence-corrected chi connectivity index (χ2v) is 6.94. The van der Waals surface area contributed by atoms with Gasteiger partial charge >= 0.3 is 12.0 Å². The van der Waals surface area contributed by atoms with E-state index in [0.29, 0.717) is 12.2 Å². The third-order valence-electron chi connectivity index (χ3n) is 3.30. The van der Waals surface area contributed by atoms with E-state index in [1.54, 1.807) is 17.4 Å². The van der Waals surface area contributed by atoms with Gasteiger partial charge in [0.05, 0.1) is 5.69 Å². The summed E-state index contributed by atoms with van der Waals surface area (Å²) in [5, 5.41) is 18.6. The van der Waals surface area contributed by atoms with Gasteiger partial charge < -0.3 is 15.7 Å². The maximum absolute atomic E-state index is 11.9. The lowest BCUT2D eigenvalue weighted by molar-refractivity contribution is 0.0703. The zero-order valence-corrected chi connectivity index (χ0v) is 14.6. The summed E-state index contributed by atoms with van der Waals surface area (Å²) in [5.41, 5.74) is 1.31. The topological polar surface area (TPSA) is 78.4 Å². The Morgan fingerprint density at radius 3 is 2.74 bits per heavy atom. The smallest absolute Gasteiger partial charge is 0.348 e. The summed E-state index contributed by atoms with van der Waals surface area (Å²) in [7, 11) is 0. The van der Waals surface area contributed by atoms with Gasteiger partial charge in [-0.15, -0.1) is 11.3 Å². The molecule has 2 amide bonds. The van der Waals surface area contributed by atoms with Crippen molar-refractivity contribution in [1.82, 2.24) is 5.32 Å². The highest BCUT2D eigenvalue weighted by atomic mass is 32.1. The van der Waals surface area contributed by atoms with Gasteiger partial charge in [-0.2, -0.15) is 11.3 Å². The van der Waals surface area contributed by atoms with Gasteiger partial charge in [0.2, 0.25) is 0 Å². The fourth-order valence-electron chi connectivity index (χ4n) is 2.11. The van der Waals surface area contributed by atoms with Crippen molar-refractivity contribution < 1.29 is 14.7 Å². The Morgan fingerprint density at radius 2 is 2.09 bits per heavy atom. The van der Waals surface area contributed by atoms with Gasteiger partial charge in [0.1, 0.15) is 4.88 Å². The van der Waals surface area contributed by atoms with Gasteiger partial charge in [-0.25, -0.2) is 9.59 Å². The van der Waals surface area contributed by atoms with Crippen molar-refractivity contribution in [1.29, 1.82) is 0 Å². The summed E-state index contributed by atoms with van der Waals surface area (Å²) in [6.45, 7) is 2.73. The number of aromatic carboxylic acids is 1. The number of rotatable bonds is 8. The van der Waals surface area contributed by atoms with Crippen LogP contribution in [0.1, 0.15) is 42.3 Å². The lowest BCUT2D eigenvalue weighted by Crippen LogP contribution is -2.29. The molecule has 2 rings (SSSR count). The van der Waals surface area contributed by atoms with Gasteiger partial charge in [-0.3, -0.25) is 0 Å². The number of amides is 2. The molecule has 5 nitrogen and oxygen atoms in total. The number of carboxylic acid groups (broad SMARTS) is 1. The predicted molar refractivity (Wildman–Crippen MR) is 95.8 cm³/mol. The molecule has 0 spiro atoms. The zero-order chi connectivity index (χ0) is 16.7. The molecule has 0 aliphatic heterocycles. The van der Waals surface area contributed by atoms with Crippen LogP contribution in [0.25, 0.3) is 10.4 Å². The minimum Gasteiger partial charge on any atom is -0.477 e. The number of carboxylic acids is 1. The zero-order valence-electron chi connectivity index (χ0n) is 12.9. The van der Waals surface area contributed by atoms with E-state index in [9.17, 15) is 14.7 Å². The molecule has 124 valence electrons. The van der Waals surface area contributed by atoms with Crippen LogP contribution in [0, 0.1) is 0 Å². The molecule has 2 heterocycles. The van der Waals surface area contributed by atoms with Crippen LogP contribution < -0.4 is 10.6 Å². The van der Waals surface area contributed by atoms with E-state index in [0.717, 1.165) is 36.1 Å². The molecule has 0 atom stereocenters. The maximum Gasteiger partial charge on any atom is 0.348 e. The average Bonchev–Trinajstić information content (AvgIpc) is 3.15. The fraction of sp³-hybridized carbons (Fsp3) is 0.375. The second-order valence-electron chi connectivity index (χ2n) is 5.11. The number of hydrogen-bond acceptors (Lipinski definition) is 4. The standard InChI is InChI=1S/C16H20N2O3S2/c1-2-3-4-5-7-17-16(21)18-12-9-13(11-6-8-22-10-11)23-14(12)15(19)20/h6,8-10H,2-5,7H2,1H3,(H,19,20)(H2,17,18,21). The van der Waals surface area contributed by atoms with Crippen LogP contribution >= 0.6 is 22.7 Å². The van der Waals surface area contributed by atoms with E-state index in [-0.39, 0.29) is 10.9 Å². The SMILES string of the molecule is CCCCCCNC(=O)Nc1cc(-c2ccsc2)sc1C(=O)O. The van der Waals surface area contributed by atoms with Gasteiger partial charge in [0.25, 0.3) is 0 Å². The minimum atomic E-state index is -1.03. The molecule has 0 radical (unpaired) electrons. The Morgan fingerprint density at radius 1 is 1.26 bits per heavy atom. The van der Waals surface area contributed by atoms with E-state index < -0.39 is 5.97 Å². The quantitative estimate of drug-likeness (QED) is 0.593. The third-order valence-corrected chi connectivity index (χ3v) is 5.15. The average molecular weight is 352 g/mol. The van der Waals surface area contributed by atoms with Crippen molar-refractivity contribution >= 4 is 40.4 Å². The first-order valence-electron chi connectivity index (χ1n) is 7.56. The predicted octanol–water partition coefficient (Wildman–Crippen LogP) is 4.88. The van der Waals surface area contributed by atoms with E-state index in [4.69, 9.17) is 0 Å². The van der Waals surface area contributed by atoms with Gasteiger partial charge in [0, 0.05) is 17.0 Å². The highest BCUT2D eigenvalue weighted by Gasteiger charge is 2.18. The monoisotopic (exact) mass is 352 g/mol. The Balaban J connectivity index is 1.98. The first kappa shape index (κ1) is 17.5. The Labute approximate surface area is 143 Å². The first-order chi connectivity index (χ1) is 11.1. The van der Waals surface area contributed by atoms with E-state index in [1.165, 1.54) is 11.3 Å². The van der Waals surface area contributed by atoms with Crippen LogP contribution in [0.4, 0.5) is 10.5 Å². The van der Waals surface area contributed by atoms with Crippen LogP contribution in [0.2, 0.25) is 0 Å². The number of thiophene rings is 2. The number of hydrogen-bond donors (Lipinski definition) is 3. The van der Waals surface area contributed by atoms with Crippen LogP contribution in [-0.2, 0) is 0 Å². The van der Waals surface area contributed by atoms with Gasteiger partial charge in [-0.1, -0.05) is 26.2 Å². The molecule has 0 bridgehead atoms. The molecular formula is C16H20N2O3S2. The van der Waals surface area contributed by atoms with Crippen LogP contribution in [0.5, 0.6) is 0 Å². The van der Waals surface area contributed by atoms with Crippen molar-refractivity contribution in [3.8, 4) is 10.4 Å². The molecule has 0 saturated carbocycles. The number of carbonyl (C=O) groups excluding carboxylic acids is 1. The largest absolute Gasteiger partial charge is 0.477 e. The molecule has 0 unspecified atom stereocenters. The summed E-state index contributed by atoms with van der Waals surface area (Å²) in [6.07, 6.45) is 4.31. The number of urea groups is 1. The van der Waals surface area contributed by atoms with Gasteiger partial charge in [0.15, 0.2) is 0 Å². The highest BCUT2D eigenvalue weighted by Crippen LogP contribution is 2.35. The molecule has 7 heteroatoms. The summed E-state index contributed by atoms with van der Waals surface area (Å²) in [6, 6.07) is 3.28. The maximum atomic E-state index is 11.9. The van der Waals surface area contributed by atoms with Crippen LogP contribution in [-0.4, -0.2) is 23.7 Å². The number of unbranched alkanes of at least 4 members (excludes halogenated alkanes) is 3. The Kier molecular flexibility index (Phi) is 6.61. The fourth-order valence-corrected chi connectivity index (χ4v) is 3.79. The van der Waals surface area contributed by atoms with E-state index in [2.05, 4.69) is 17.6 Å². The number of anilines is 1. The summed E-state index contributed by atoms with van der Waals surface area (Å²) in [5.74, 6) is -1.03.